The number of rotatable bonds is 4. The van der Waals surface area contributed by atoms with Gasteiger partial charge in [0, 0.05) is 24.0 Å². The van der Waals surface area contributed by atoms with Gasteiger partial charge in [-0.1, -0.05) is 30.3 Å². The minimum atomic E-state index is -3.47. The van der Waals surface area contributed by atoms with Crippen LogP contribution in [0.5, 0.6) is 0 Å². The molecule has 2 aliphatic rings. The number of hydrogen-bond acceptors (Lipinski definition) is 5. The molecule has 1 amide bonds. The largest absolute Gasteiger partial charge is 0.338 e. The first-order valence-corrected chi connectivity index (χ1v) is 13.3. The first-order chi connectivity index (χ1) is 14.5. The molecule has 0 saturated carbocycles. The number of thiophene rings is 2. The van der Waals surface area contributed by atoms with E-state index in [0.29, 0.717) is 30.1 Å². The van der Waals surface area contributed by atoms with Crippen molar-refractivity contribution in [1.29, 1.82) is 0 Å². The summed E-state index contributed by atoms with van der Waals surface area (Å²) in [6.07, 6.45) is 3.25. The molecule has 0 spiro atoms. The molecule has 1 fully saturated rings. The molecule has 1 N–H and O–H groups in total. The van der Waals surface area contributed by atoms with Gasteiger partial charge >= 0.3 is 0 Å². The first-order valence-electron chi connectivity index (χ1n) is 10.1. The highest BCUT2D eigenvalue weighted by Gasteiger charge is 2.29. The molecule has 8 heteroatoms. The van der Waals surface area contributed by atoms with Gasteiger partial charge in [-0.05, 0) is 59.9 Å². The summed E-state index contributed by atoms with van der Waals surface area (Å²) in [4.78, 5) is 17.0. The lowest BCUT2D eigenvalue weighted by atomic mass is 9.91. The van der Waals surface area contributed by atoms with Crippen molar-refractivity contribution in [3.05, 3.63) is 63.8 Å². The number of nitrogens with zero attached hydrogens (tertiary/aromatic N) is 1. The average molecular weight is 459 g/mol. The van der Waals surface area contributed by atoms with Gasteiger partial charge in [0.05, 0.1) is 4.88 Å². The Morgan fingerprint density at radius 2 is 1.80 bits per heavy atom. The minimum absolute atomic E-state index is 0.0615. The third kappa shape index (κ3) is 3.73. The fourth-order valence-electron chi connectivity index (χ4n) is 4.23. The van der Waals surface area contributed by atoms with E-state index in [4.69, 9.17) is 0 Å². The summed E-state index contributed by atoms with van der Waals surface area (Å²) in [5.74, 6) is 0.0615. The maximum Gasteiger partial charge on any atom is 0.263 e. The van der Waals surface area contributed by atoms with E-state index >= 15 is 0 Å². The highest BCUT2D eigenvalue weighted by atomic mass is 32.2. The summed E-state index contributed by atoms with van der Waals surface area (Å²) < 4.78 is 28.0. The van der Waals surface area contributed by atoms with Crippen molar-refractivity contribution in [3.63, 3.8) is 0 Å². The van der Waals surface area contributed by atoms with Crippen molar-refractivity contribution in [3.8, 4) is 10.4 Å². The molecule has 156 valence electrons. The number of benzene rings is 1. The molecular formula is C22H22N2O3S3. The molecule has 1 aromatic carbocycles. The van der Waals surface area contributed by atoms with Crippen LogP contribution in [-0.2, 0) is 22.9 Å². The number of sulfonamides is 1. The Morgan fingerprint density at radius 1 is 1.03 bits per heavy atom. The zero-order valence-electron chi connectivity index (χ0n) is 16.3. The third-order valence-corrected chi connectivity index (χ3v) is 9.93. The van der Waals surface area contributed by atoms with Crippen LogP contribution in [0.1, 0.15) is 33.6 Å². The quantitative estimate of drug-likeness (QED) is 0.638. The number of carbonyl (C=O) groups is 1. The van der Waals surface area contributed by atoms with E-state index in [1.165, 1.54) is 32.9 Å². The molecule has 5 nitrogen and oxygen atoms in total. The normalized spacial score (nSPS) is 16.9. The van der Waals surface area contributed by atoms with Crippen LogP contribution in [0.2, 0.25) is 0 Å². The SMILES string of the molecule is O=C(c1cc2c(s1)-c1ccccc1CC2)N1CCC(NS(=O)(=O)c2cccs2)CC1. The van der Waals surface area contributed by atoms with Gasteiger partial charge < -0.3 is 4.90 Å². The van der Waals surface area contributed by atoms with E-state index < -0.39 is 10.0 Å². The Kier molecular flexibility index (Phi) is 5.26. The smallest absolute Gasteiger partial charge is 0.263 e. The second kappa shape index (κ2) is 7.92. The number of aryl methyl sites for hydroxylation is 2. The Labute approximate surface area is 184 Å². The second-order valence-corrected chi connectivity index (χ2v) is 11.7. The van der Waals surface area contributed by atoms with Crippen LogP contribution in [0.15, 0.2) is 52.1 Å². The lowest BCUT2D eigenvalue weighted by Crippen LogP contribution is -2.46. The van der Waals surface area contributed by atoms with Gasteiger partial charge in [0.15, 0.2) is 0 Å². The number of hydrogen-bond donors (Lipinski definition) is 1. The number of fused-ring (bicyclic) bond motifs is 3. The van der Waals surface area contributed by atoms with Crippen molar-refractivity contribution >= 4 is 38.6 Å². The maximum absolute atomic E-state index is 13.1. The van der Waals surface area contributed by atoms with E-state index in [2.05, 4.69) is 35.1 Å². The molecule has 1 aliphatic carbocycles. The Hall–Kier alpha value is -2.00. The summed E-state index contributed by atoms with van der Waals surface area (Å²) in [6.45, 7) is 1.13. The highest BCUT2D eigenvalue weighted by Crippen LogP contribution is 2.40. The fraction of sp³-hybridized carbons (Fsp3) is 0.318. The molecular weight excluding hydrogens is 436 g/mol. The molecule has 1 saturated heterocycles. The lowest BCUT2D eigenvalue weighted by molar-refractivity contribution is 0.0716. The standard InChI is InChI=1S/C22H22N2O3S3/c25-22(19-14-16-8-7-15-4-1-2-5-18(15)21(16)29-19)24-11-9-17(10-12-24)23-30(26,27)20-6-3-13-28-20/h1-6,13-14,17,23H,7-12H2. The van der Waals surface area contributed by atoms with Crippen LogP contribution in [0.25, 0.3) is 10.4 Å². The van der Waals surface area contributed by atoms with Crippen LogP contribution < -0.4 is 4.72 Å². The number of nitrogens with one attached hydrogen (secondary N) is 1. The zero-order valence-corrected chi connectivity index (χ0v) is 18.8. The molecule has 3 heterocycles. The number of piperidine rings is 1. The van der Waals surface area contributed by atoms with Crippen molar-refractivity contribution < 1.29 is 13.2 Å². The van der Waals surface area contributed by atoms with E-state index in [-0.39, 0.29) is 11.9 Å². The summed E-state index contributed by atoms with van der Waals surface area (Å²) >= 11 is 2.80. The number of likely N-dealkylation sites (tertiary alicyclic amines) is 1. The molecule has 0 bridgehead atoms. The van der Waals surface area contributed by atoms with Crippen molar-refractivity contribution in [2.24, 2.45) is 0 Å². The van der Waals surface area contributed by atoms with E-state index in [0.717, 1.165) is 17.7 Å². The van der Waals surface area contributed by atoms with E-state index in [1.807, 2.05) is 4.90 Å². The van der Waals surface area contributed by atoms with Gasteiger partial charge in [0.2, 0.25) is 10.0 Å². The molecule has 1 aliphatic heterocycles. The Bertz CT molecular complexity index is 1170. The molecule has 30 heavy (non-hydrogen) atoms. The summed E-state index contributed by atoms with van der Waals surface area (Å²) in [5.41, 5.74) is 3.87. The number of amides is 1. The maximum atomic E-state index is 13.1. The van der Waals surface area contributed by atoms with E-state index in [9.17, 15) is 13.2 Å². The van der Waals surface area contributed by atoms with Gasteiger partial charge in [-0.3, -0.25) is 4.79 Å². The molecule has 5 rings (SSSR count). The molecule has 3 aromatic rings. The molecule has 0 radical (unpaired) electrons. The van der Waals surface area contributed by atoms with Gasteiger partial charge in [0.25, 0.3) is 5.91 Å². The Balaban J connectivity index is 1.26. The molecule has 0 unspecified atom stereocenters. The van der Waals surface area contributed by atoms with Crippen molar-refractivity contribution in [2.75, 3.05) is 13.1 Å². The molecule has 2 aromatic heterocycles. The second-order valence-electron chi connectivity index (χ2n) is 7.74. The average Bonchev–Trinajstić information content (AvgIpc) is 3.44. The number of carbonyl (C=O) groups excluding carboxylic acids is 1. The third-order valence-electron chi connectivity index (χ3n) is 5.81. The topological polar surface area (TPSA) is 66.5 Å². The minimum Gasteiger partial charge on any atom is -0.338 e. The predicted octanol–water partition coefficient (Wildman–Crippen LogP) is 4.16. The monoisotopic (exact) mass is 458 g/mol. The van der Waals surface area contributed by atoms with Crippen LogP contribution in [0.4, 0.5) is 0 Å². The summed E-state index contributed by atoms with van der Waals surface area (Å²) in [5, 5.41) is 1.76. The van der Waals surface area contributed by atoms with Gasteiger partial charge in [-0.2, -0.15) is 0 Å². The lowest BCUT2D eigenvalue weighted by Gasteiger charge is -2.31. The summed E-state index contributed by atoms with van der Waals surface area (Å²) in [6, 6.07) is 13.7. The zero-order chi connectivity index (χ0) is 20.7. The van der Waals surface area contributed by atoms with Crippen molar-refractivity contribution in [1.82, 2.24) is 9.62 Å². The predicted molar refractivity (Wildman–Crippen MR) is 121 cm³/mol. The van der Waals surface area contributed by atoms with E-state index in [1.54, 1.807) is 28.8 Å². The van der Waals surface area contributed by atoms with Crippen LogP contribution in [-0.4, -0.2) is 38.4 Å². The summed E-state index contributed by atoms with van der Waals surface area (Å²) in [7, 11) is -3.47. The highest BCUT2D eigenvalue weighted by molar-refractivity contribution is 7.91. The van der Waals surface area contributed by atoms with Gasteiger partial charge in [-0.15, -0.1) is 22.7 Å². The van der Waals surface area contributed by atoms with Crippen LogP contribution >= 0.6 is 22.7 Å². The van der Waals surface area contributed by atoms with Crippen molar-refractivity contribution in [2.45, 2.75) is 35.9 Å². The molecule has 0 atom stereocenters. The van der Waals surface area contributed by atoms with Crippen LogP contribution in [0, 0.1) is 0 Å². The van der Waals surface area contributed by atoms with Gasteiger partial charge in [0.1, 0.15) is 4.21 Å². The van der Waals surface area contributed by atoms with Gasteiger partial charge in [-0.25, -0.2) is 13.1 Å². The first kappa shape index (κ1) is 19.9. The Morgan fingerprint density at radius 3 is 2.57 bits per heavy atom. The van der Waals surface area contributed by atoms with Crippen LogP contribution in [0.3, 0.4) is 0 Å². The fourth-order valence-corrected chi connectivity index (χ4v) is 7.78.